The number of rotatable bonds is 6. The van der Waals surface area contributed by atoms with Gasteiger partial charge in [-0.3, -0.25) is 10.1 Å². The number of hydrogen-bond donors (Lipinski definition) is 1. The van der Waals surface area contributed by atoms with Gasteiger partial charge in [-0.1, -0.05) is 12.8 Å². The van der Waals surface area contributed by atoms with E-state index in [4.69, 9.17) is 14.9 Å². The summed E-state index contributed by atoms with van der Waals surface area (Å²) in [4.78, 5) is 9.93. The molecule has 0 spiro atoms. The van der Waals surface area contributed by atoms with Gasteiger partial charge in [0.15, 0.2) is 0 Å². The molecule has 1 aliphatic rings. The van der Waals surface area contributed by atoms with Crippen LogP contribution in [0.4, 0.5) is 5.88 Å². The van der Waals surface area contributed by atoms with E-state index in [-0.39, 0.29) is 12.5 Å². The minimum atomic E-state index is -0.547. The lowest BCUT2D eigenvalue weighted by Gasteiger charge is -2.30. The average molecular weight is 268 g/mol. The Morgan fingerprint density at radius 3 is 2.74 bits per heavy atom. The summed E-state index contributed by atoms with van der Waals surface area (Å²) < 4.78 is 10.7. The first kappa shape index (κ1) is 14.0. The maximum absolute atomic E-state index is 10.5. The number of nitrogens with two attached hydrogens (primary N) is 1. The lowest BCUT2D eigenvalue weighted by molar-refractivity contribution is -0.402. The molecule has 0 amide bonds. The lowest BCUT2D eigenvalue weighted by Crippen LogP contribution is -2.29. The smallest absolute Gasteiger partial charge is 0.403 e. The molecule has 1 fully saturated rings. The molecule has 0 aliphatic heterocycles. The zero-order valence-corrected chi connectivity index (χ0v) is 10.9. The molecule has 2 N–H and O–H groups in total. The molecule has 1 saturated carbocycles. The molecule has 1 aromatic heterocycles. The summed E-state index contributed by atoms with van der Waals surface area (Å²) >= 11 is 0. The van der Waals surface area contributed by atoms with Gasteiger partial charge in [-0.05, 0) is 37.3 Å². The molecular weight excluding hydrogens is 248 g/mol. The topological polar surface area (TPSA) is 91.5 Å². The molecule has 2 atom stereocenters. The normalized spacial score (nSPS) is 23.4. The van der Waals surface area contributed by atoms with Crippen LogP contribution >= 0.6 is 0 Å². The highest BCUT2D eigenvalue weighted by Crippen LogP contribution is 2.29. The quantitative estimate of drug-likeness (QED) is 0.632. The average Bonchev–Trinajstić information content (AvgIpc) is 2.88. The van der Waals surface area contributed by atoms with Crippen molar-refractivity contribution >= 4 is 5.88 Å². The lowest BCUT2D eigenvalue weighted by atomic mass is 9.80. The van der Waals surface area contributed by atoms with Crippen molar-refractivity contribution in [2.24, 2.45) is 17.6 Å². The second kappa shape index (κ2) is 6.68. The Balaban J connectivity index is 1.77. The van der Waals surface area contributed by atoms with Crippen molar-refractivity contribution in [2.75, 3.05) is 13.2 Å². The van der Waals surface area contributed by atoms with E-state index in [0.717, 1.165) is 6.42 Å². The Labute approximate surface area is 112 Å². The van der Waals surface area contributed by atoms with E-state index in [2.05, 4.69) is 0 Å². The molecule has 1 aromatic rings. The summed E-state index contributed by atoms with van der Waals surface area (Å²) in [5.41, 5.74) is 5.76. The van der Waals surface area contributed by atoms with Crippen LogP contribution in [0.5, 0.6) is 0 Å². The Hall–Kier alpha value is -1.40. The van der Waals surface area contributed by atoms with Crippen LogP contribution in [0.1, 0.15) is 31.4 Å². The van der Waals surface area contributed by atoms with Gasteiger partial charge in [-0.25, -0.2) is 0 Å². The third-order valence-corrected chi connectivity index (χ3v) is 3.77. The standard InChI is InChI=1S/C13H20N2O4/c14-7-10-3-1-2-4-11(10)8-18-9-12-5-6-13(19-12)15(16)17/h5-6,10-11H,1-4,7-9,14H2. The fourth-order valence-electron chi connectivity index (χ4n) is 2.67. The highest BCUT2D eigenvalue weighted by atomic mass is 16.6. The van der Waals surface area contributed by atoms with Gasteiger partial charge in [-0.15, -0.1) is 0 Å². The summed E-state index contributed by atoms with van der Waals surface area (Å²) in [5.74, 6) is 1.30. The van der Waals surface area contributed by atoms with E-state index in [9.17, 15) is 10.1 Å². The molecule has 2 unspecified atom stereocenters. The van der Waals surface area contributed by atoms with E-state index < -0.39 is 4.92 Å². The van der Waals surface area contributed by atoms with Crippen LogP contribution in [0.15, 0.2) is 16.5 Å². The fourth-order valence-corrected chi connectivity index (χ4v) is 2.67. The zero-order chi connectivity index (χ0) is 13.7. The Kier molecular flexibility index (Phi) is 4.93. The Bertz CT molecular complexity index is 419. The summed E-state index contributed by atoms with van der Waals surface area (Å²) in [7, 11) is 0. The molecule has 0 radical (unpaired) electrons. The van der Waals surface area contributed by atoms with Crippen molar-refractivity contribution in [3.05, 3.63) is 28.0 Å². The van der Waals surface area contributed by atoms with E-state index >= 15 is 0 Å². The minimum Gasteiger partial charge on any atom is -0.403 e. The van der Waals surface area contributed by atoms with Crippen LogP contribution in [-0.2, 0) is 11.3 Å². The zero-order valence-electron chi connectivity index (χ0n) is 10.9. The van der Waals surface area contributed by atoms with Gasteiger partial charge in [-0.2, -0.15) is 0 Å². The SMILES string of the molecule is NCC1CCCCC1COCc1ccc([N+](=O)[O-])o1. The number of nitrogens with zero attached hydrogens (tertiary/aromatic N) is 1. The van der Waals surface area contributed by atoms with E-state index in [0.29, 0.717) is 30.7 Å². The number of nitro groups is 1. The summed E-state index contributed by atoms with van der Waals surface area (Å²) in [6, 6.07) is 2.93. The van der Waals surface area contributed by atoms with Crippen LogP contribution in [0, 0.1) is 22.0 Å². The first-order valence-electron chi connectivity index (χ1n) is 6.71. The molecule has 106 valence electrons. The maximum atomic E-state index is 10.5. The van der Waals surface area contributed by atoms with Gasteiger partial charge in [0.25, 0.3) is 0 Å². The molecule has 6 nitrogen and oxygen atoms in total. The molecular formula is C13H20N2O4. The van der Waals surface area contributed by atoms with Crippen molar-refractivity contribution < 1.29 is 14.1 Å². The molecule has 1 aliphatic carbocycles. The molecule has 2 rings (SSSR count). The van der Waals surface area contributed by atoms with Gasteiger partial charge in [0.05, 0.1) is 12.7 Å². The molecule has 1 heterocycles. The van der Waals surface area contributed by atoms with E-state index in [1.54, 1.807) is 6.07 Å². The minimum absolute atomic E-state index is 0.240. The van der Waals surface area contributed by atoms with Crippen molar-refractivity contribution in [3.63, 3.8) is 0 Å². The van der Waals surface area contributed by atoms with Gasteiger partial charge in [0.2, 0.25) is 0 Å². The van der Waals surface area contributed by atoms with E-state index in [1.807, 2.05) is 0 Å². The van der Waals surface area contributed by atoms with Crippen LogP contribution in [0.2, 0.25) is 0 Å². The highest BCUT2D eigenvalue weighted by Gasteiger charge is 2.24. The number of ether oxygens (including phenoxy) is 1. The Morgan fingerprint density at radius 2 is 2.11 bits per heavy atom. The second-order valence-electron chi connectivity index (χ2n) is 5.05. The first-order chi connectivity index (χ1) is 9.20. The molecule has 0 saturated heterocycles. The predicted molar refractivity (Wildman–Crippen MR) is 69.5 cm³/mol. The van der Waals surface area contributed by atoms with Gasteiger partial charge in [0.1, 0.15) is 17.3 Å². The number of hydrogen-bond acceptors (Lipinski definition) is 5. The summed E-state index contributed by atoms with van der Waals surface area (Å²) in [6.45, 7) is 1.64. The van der Waals surface area contributed by atoms with Gasteiger partial charge < -0.3 is 14.9 Å². The van der Waals surface area contributed by atoms with Crippen LogP contribution in [0.3, 0.4) is 0 Å². The van der Waals surface area contributed by atoms with E-state index in [1.165, 1.54) is 25.3 Å². The van der Waals surface area contributed by atoms with Crippen molar-refractivity contribution in [1.82, 2.24) is 0 Å². The van der Waals surface area contributed by atoms with Crippen molar-refractivity contribution in [3.8, 4) is 0 Å². The molecule has 0 bridgehead atoms. The third kappa shape index (κ3) is 3.78. The first-order valence-corrected chi connectivity index (χ1v) is 6.71. The summed E-state index contributed by atoms with van der Waals surface area (Å²) in [5, 5.41) is 10.5. The molecule has 19 heavy (non-hydrogen) atoms. The second-order valence-corrected chi connectivity index (χ2v) is 5.05. The fraction of sp³-hybridized carbons (Fsp3) is 0.692. The largest absolute Gasteiger partial charge is 0.433 e. The maximum Gasteiger partial charge on any atom is 0.433 e. The predicted octanol–water partition coefficient (Wildman–Crippen LogP) is 2.47. The van der Waals surface area contributed by atoms with Gasteiger partial charge in [0, 0.05) is 0 Å². The highest BCUT2D eigenvalue weighted by molar-refractivity contribution is 5.17. The van der Waals surface area contributed by atoms with Crippen molar-refractivity contribution in [2.45, 2.75) is 32.3 Å². The van der Waals surface area contributed by atoms with Crippen LogP contribution in [0.25, 0.3) is 0 Å². The summed E-state index contributed by atoms with van der Waals surface area (Å²) in [6.07, 6.45) is 4.82. The van der Waals surface area contributed by atoms with Crippen molar-refractivity contribution in [1.29, 1.82) is 0 Å². The van der Waals surface area contributed by atoms with Gasteiger partial charge >= 0.3 is 5.88 Å². The monoisotopic (exact) mass is 268 g/mol. The number of furan rings is 1. The molecule has 6 heteroatoms. The third-order valence-electron chi connectivity index (χ3n) is 3.77. The van der Waals surface area contributed by atoms with Crippen LogP contribution in [-0.4, -0.2) is 18.1 Å². The molecule has 0 aromatic carbocycles. The Morgan fingerprint density at radius 1 is 1.37 bits per heavy atom. The van der Waals surface area contributed by atoms with Crippen LogP contribution < -0.4 is 5.73 Å².